The highest BCUT2D eigenvalue weighted by Crippen LogP contribution is 2.06. The van der Waals surface area contributed by atoms with Gasteiger partial charge in [0.25, 0.3) is 0 Å². The molecule has 1 aromatic heterocycles. The number of aromatic nitrogens is 1. The van der Waals surface area contributed by atoms with Gasteiger partial charge in [-0.1, -0.05) is 11.6 Å². The zero-order chi connectivity index (χ0) is 12.4. The van der Waals surface area contributed by atoms with Crippen molar-refractivity contribution < 1.29 is 18.9 Å². The smallest absolute Gasteiger partial charge is 0.493 e. The van der Waals surface area contributed by atoms with Crippen LogP contribution < -0.4 is 5.59 Å². The Kier molecular flexibility index (Phi) is 3.19. The van der Waals surface area contributed by atoms with Crippen molar-refractivity contribution in [2.45, 2.75) is 0 Å². The van der Waals surface area contributed by atoms with Crippen LogP contribution in [0.3, 0.4) is 0 Å². The molecule has 0 bridgehead atoms. The molecule has 0 radical (unpaired) electrons. The third kappa shape index (κ3) is 2.68. The Labute approximate surface area is 103 Å². The number of likely N-dealkylation sites (N-methyl/N-ethyl adjacent to an activating group) is 1. The van der Waals surface area contributed by atoms with Crippen LogP contribution in [0.25, 0.3) is 0 Å². The minimum atomic E-state index is -1.13. The summed E-state index contributed by atoms with van der Waals surface area (Å²) in [6.45, 7) is -0.150. The molecule has 0 aromatic carbocycles. The molecule has 0 N–H and O–H groups in total. The number of hydrogen-bond donors (Lipinski definition) is 0. The van der Waals surface area contributed by atoms with Crippen LogP contribution in [0.2, 0.25) is 5.02 Å². The van der Waals surface area contributed by atoms with Gasteiger partial charge in [0.2, 0.25) is 0 Å². The van der Waals surface area contributed by atoms with Crippen LogP contribution >= 0.6 is 11.6 Å². The Hall–Kier alpha value is -1.76. The van der Waals surface area contributed by atoms with E-state index in [2.05, 4.69) is 4.98 Å². The fraction of sp³-hybridized carbons (Fsp3) is 0.222. The molecule has 88 valence electrons. The SMILES string of the molecule is CN1CC(=O)OB(c2ccc(Cl)cn2)OC1=O. The zero-order valence-corrected chi connectivity index (χ0v) is 9.68. The van der Waals surface area contributed by atoms with Gasteiger partial charge in [0.05, 0.1) is 5.02 Å². The Morgan fingerprint density at radius 2 is 2.18 bits per heavy atom. The third-order valence-corrected chi connectivity index (χ3v) is 2.34. The molecule has 1 aromatic rings. The molecule has 6 nitrogen and oxygen atoms in total. The van der Waals surface area contributed by atoms with Gasteiger partial charge in [-0.2, -0.15) is 0 Å². The second-order valence-corrected chi connectivity index (χ2v) is 3.90. The van der Waals surface area contributed by atoms with E-state index in [-0.39, 0.29) is 6.54 Å². The van der Waals surface area contributed by atoms with Crippen molar-refractivity contribution in [2.24, 2.45) is 0 Å². The monoisotopic (exact) mass is 254 g/mol. The summed E-state index contributed by atoms with van der Waals surface area (Å²) in [4.78, 5) is 27.8. The zero-order valence-electron chi connectivity index (χ0n) is 8.92. The van der Waals surface area contributed by atoms with Gasteiger partial charge < -0.3 is 14.2 Å². The molecular formula is C9H8BClN2O4. The lowest BCUT2D eigenvalue weighted by atomic mass is 9.84. The van der Waals surface area contributed by atoms with Gasteiger partial charge in [-0.15, -0.1) is 0 Å². The first kappa shape index (κ1) is 11.7. The number of pyridine rings is 1. The molecule has 1 aliphatic rings. The topological polar surface area (TPSA) is 68.7 Å². The van der Waals surface area contributed by atoms with Gasteiger partial charge in [-0.25, -0.2) is 4.79 Å². The maximum absolute atomic E-state index is 11.4. The summed E-state index contributed by atoms with van der Waals surface area (Å²) in [7, 11) is 0.318. The van der Waals surface area contributed by atoms with Crippen molar-refractivity contribution in [2.75, 3.05) is 13.6 Å². The number of halogens is 1. The van der Waals surface area contributed by atoms with Crippen molar-refractivity contribution in [1.29, 1.82) is 0 Å². The molecule has 17 heavy (non-hydrogen) atoms. The Balaban J connectivity index is 2.22. The third-order valence-electron chi connectivity index (χ3n) is 2.12. The Bertz CT molecular complexity index is 453. The van der Waals surface area contributed by atoms with Crippen LogP contribution in [0.4, 0.5) is 4.79 Å². The van der Waals surface area contributed by atoms with Gasteiger partial charge in [-0.3, -0.25) is 9.78 Å². The van der Waals surface area contributed by atoms with Gasteiger partial charge in [0.1, 0.15) is 12.1 Å². The van der Waals surface area contributed by atoms with Crippen molar-refractivity contribution in [3.8, 4) is 0 Å². The maximum atomic E-state index is 11.4. The van der Waals surface area contributed by atoms with E-state index < -0.39 is 19.2 Å². The van der Waals surface area contributed by atoms with E-state index >= 15 is 0 Å². The molecule has 2 rings (SSSR count). The molecule has 2 heterocycles. The standard InChI is InChI=1S/C9H8BClN2O4/c1-13-5-8(14)16-10(17-9(13)15)7-3-2-6(11)4-12-7/h2-4H,5H2,1H3. The lowest BCUT2D eigenvalue weighted by Gasteiger charge is -2.11. The van der Waals surface area contributed by atoms with E-state index in [1.807, 2.05) is 0 Å². The molecule has 0 spiro atoms. The summed E-state index contributed by atoms with van der Waals surface area (Å²) in [5.41, 5.74) is 0.311. The summed E-state index contributed by atoms with van der Waals surface area (Å²) in [6, 6.07) is 3.10. The Morgan fingerprint density at radius 3 is 2.82 bits per heavy atom. The molecule has 1 amide bonds. The number of nitrogens with zero attached hydrogens (tertiary/aromatic N) is 2. The van der Waals surface area contributed by atoms with Crippen LogP contribution in [0.15, 0.2) is 18.3 Å². The predicted octanol–water partition coefficient (Wildman–Crippen LogP) is 0.0554. The van der Waals surface area contributed by atoms with E-state index in [1.54, 1.807) is 6.07 Å². The lowest BCUT2D eigenvalue weighted by Crippen LogP contribution is -2.41. The van der Waals surface area contributed by atoms with Crippen LogP contribution in [0.1, 0.15) is 0 Å². The molecule has 0 atom stereocenters. The number of hydrogen-bond acceptors (Lipinski definition) is 5. The molecule has 8 heteroatoms. The van der Waals surface area contributed by atoms with E-state index in [1.165, 1.54) is 19.3 Å². The first-order valence-electron chi connectivity index (χ1n) is 4.79. The second kappa shape index (κ2) is 4.62. The Morgan fingerprint density at radius 1 is 1.41 bits per heavy atom. The molecule has 0 aliphatic carbocycles. The van der Waals surface area contributed by atoms with Crippen molar-refractivity contribution in [3.05, 3.63) is 23.4 Å². The van der Waals surface area contributed by atoms with Crippen molar-refractivity contribution in [3.63, 3.8) is 0 Å². The fourth-order valence-corrected chi connectivity index (χ4v) is 1.38. The largest absolute Gasteiger partial charge is 0.657 e. The molecule has 1 aliphatic heterocycles. The van der Waals surface area contributed by atoms with Gasteiger partial charge in [0, 0.05) is 13.2 Å². The van der Waals surface area contributed by atoms with Crippen LogP contribution in [-0.4, -0.2) is 42.7 Å². The minimum absolute atomic E-state index is 0.150. The molecular weight excluding hydrogens is 246 g/mol. The summed E-state index contributed by atoms with van der Waals surface area (Å²) >= 11 is 5.68. The predicted molar refractivity (Wildman–Crippen MR) is 59.8 cm³/mol. The normalized spacial score (nSPS) is 16.4. The first-order valence-corrected chi connectivity index (χ1v) is 5.17. The first-order chi connectivity index (χ1) is 8.06. The van der Waals surface area contributed by atoms with Crippen LogP contribution in [-0.2, 0) is 14.1 Å². The van der Waals surface area contributed by atoms with E-state index in [4.69, 9.17) is 20.9 Å². The quantitative estimate of drug-likeness (QED) is 0.663. The number of amides is 1. The van der Waals surface area contributed by atoms with Gasteiger partial charge in [-0.05, 0) is 12.1 Å². The summed E-state index contributed by atoms with van der Waals surface area (Å²) in [5, 5.41) is 0.442. The minimum Gasteiger partial charge on any atom is -0.493 e. The molecule has 1 fully saturated rings. The summed E-state index contributed by atoms with van der Waals surface area (Å²) < 4.78 is 9.91. The summed E-state index contributed by atoms with van der Waals surface area (Å²) in [6.07, 6.45) is 0.741. The lowest BCUT2D eigenvalue weighted by molar-refractivity contribution is -0.134. The fourth-order valence-electron chi connectivity index (χ4n) is 1.27. The number of carbonyl (C=O) groups excluding carboxylic acids is 2. The van der Waals surface area contributed by atoms with E-state index in [0.29, 0.717) is 10.6 Å². The van der Waals surface area contributed by atoms with Crippen LogP contribution in [0.5, 0.6) is 0 Å². The van der Waals surface area contributed by atoms with Gasteiger partial charge in [0.15, 0.2) is 0 Å². The number of carbonyl (C=O) groups is 2. The molecule has 1 saturated heterocycles. The van der Waals surface area contributed by atoms with E-state index in [9.17, 15) is 9.59 Å². The van der Waals surface area contributed by atoms with Crippen molar-refractivity contribution >= 4 is 36.4 Å². The van der Waals surface area contributed by atoms with Crippen molar-refractivity contribution in [1.82, 2.24) is 9.88 Å². The average Bonchev–Trinajstić information content (AvgIpc) is 2.40. The highest BCUT2D eigenvalue weighted by Gasteiger charge is 2.37. The average molecular weight is 254 g/mol. The molecule has 0 unspecified atom stereocenters. The highest BCUT2D eigenvalue weighted by atomic mass is 35.5. The number of rotatable bonds is 1. The second-order valence-electron chi connectivity index (χ2n) is 3.46. The highest BCUT2D eigenvalue weighted by molar-refractivity contribution is 6.63. The van der Waals surface area contributed by atoms with Gasteiger partial charge >= 0.3 is 19.2 Å². The molecule has 0 saturated carbocycles. The van der Waals surface area contributed by atoms with Crippen LogP contribution in [0, 0.1) is 0 Å². The van der Waals surface area contributed by atoms with E-state index in [0.717, 1.165) is 4.90 Å². The maximum Gasteiger partial charge on any atom is 0.657 e. The summed E-state index contributed by atoms with van der Waals surface area (Å²) in [5.74, 6) is -0.555.